The maximum absolute atomic E-state index is 14.1. The van der Waals surface area contributed by atoms with Gasteiger partial charge in [0.1, 0.15) is 24.1 Å². The lowest BCUT2D eigenvalue weighted by atomic mass is 9.89. The third-order valence-electron chi connectivity index (χ3n) is 9.79. The third-order valence-corrected chi connectivity index (χ3v) is 9.79. The van der Waals surface area contributed by atoms with Crippen molar-refractivity contribution in [2.24, 2.45) is 23.2 Å². The monoisotopic (exact) mass is 600 g/mol. The minimum Gasteiger partial charge on any atom is -0.496 e. The average molecular weight is 601 g/mol. The van der Waals surface area contributed by atoms with Gasteiger partial charge < -0.3 is 30.0 Å². The highest BCUT2D eigenvalue weighted by Crippen LogP contribution is 2.65. The van der Waals surface area contributed by atoms with Crippen molar-refractivity contribution in [2.45, 2.75) is 51.8 Å². The molecule has 0 spiro atoms. The zero-order valence-corrected chi connectivity index (χ0v) is 25.4. The van der Waals surface area contributed by atoms with E-state index in [-0.39, 0.29) is 66.3 Å². The van der Waals surface area contributed by atoms with Crippen molar-refractivity contribution in [3.8, 4) is 5.75 Å². The summed E-state index contributed by atoms with van der Waals surface area (Å²) < 4.78 is 11.2. The first-order chi connectivity index (χ1) is 21.2. The fourth-order valence-corrected chi connectivity index (χ4v) is 7.19. The van der Waals surface area contributed by atoms with Crippen LogP contribution >= 0.6 is 0 Å². The number of benzene rings is 2. The number of nitrogens with zero attached hydrogens (tertiary/aromatic N) is 1. The molecule has 3 aliphatic rings. The first-order valence-corrected chi connectivity index (χ1v) is 15.4. The number of piperidine rings is 2. The second-order valence-corrected chi connectivity index (χ2v) is 12.8. The molecule has 3 aromatic rings. The van der Waals surface area contributed by atoms with E-state index in [1.807, 2.05) is 48.5 Å². The fraction of sp³-hybridized carbons (Fsp3) is 0.471. The van der Waals surface area contributed by atoms with Crippen LogP contribution in [0.25, 0.3) is 10.9 Å². The van der Waals surface area contributed by atoms with Crippen molar-refractivity contribution in [2.75, 3.05) is 26.8 Å². The van der Waals surface area contributed by atoms with E-state index in [2.05, 4.69) is 29.5 Å². The molecule has 10 heteroatoms. The van der Waals surface area contributed by atoms with Crippen LogP contribution in [0.5, 0.6) is 5.75 Å². The Bertz CT molecular complexity index is 1570. The van der Waals surface area contributed by atoms with Gasteiger partial charge >= 0.3 is 0 Å². The Labute approximate surface area is 256 Å². The number of nitrogens with one attached hydrogen (secondary N) is 3. The van der Waals surface area contributed by atoms with Gasteiger partial charge in [-0.2, -0.15) is 0 Å². The number of hydrogen-bond acceptors (Lipinski definition) is 6. The number of fused-ring (bicyclic) bond motifs is 2. The summed E-state index contributed by atoms with van der Waals surface area (Å²) >= 11 is 0. The molecule has 3 amide bonds. The van der Waals surface area contributed by atoms with Crippen LogP contribution < -0.4 is 15.4 Å². The molecule has 44 heavy (non-hydrogen) atoms. The Morgan fingerprint density at radius 1 is 1.11 bits per heavy atom. The molecule has 3 fully saturated rings. The molecule has 232 valence electrons. The topological polar surface area (TPSA) is 130 Å². The second-order valence-electron chi connectivity index (χ2n) is 12.8. The number of aromatic nitrogens is 1. The number of likely N-dealkylation sites (tertiary alicyclic amines) is 1. The Hall–Kier alpha value is -4.18. The number of Topliss-reactive ketones (excluding diaryl/α,β-unsaturated/α-hetero) is 1. The van der Waals surface area contributed by atoms with Crippen LogP contribution in [-0.2, 0) is 25.7 Å². The van der Waals surface area contributed by atoms with Gasteiger partial charge in [0.2, 0.25) is 11.8 Å². The number of amides is 3. The van der Waals surface area contributed by atoms with E-state index in [1.54, 1.807) is 18.1 Å². The number of H-pyrrole nitrogens is 1. The van der Waals surface area contributed by atoms with Crippen LogP contribution in [0.2, 0.25) is 0 Å². The second kappa shape index (κ2) is 12.1. The highest BCUT2D eigenvalue weighted by atomic mass is 16.5. The van der Waals surface area contributed by atoms with Crippen molar-refractivity contribution in [3.63, 3.8) is 0 Å². The van der Waals surface area contributed by atoms with E-state index in [4.69, 9.17) is 9.47 Å². The smallest absolute Gasteiger partial charge is 0.271 e. The number of methoxy groups -OCH3 is 1. The molecule has 3 heterocycles. The standard InChI is InChI=1S/C34H40N4O6/c1-34(2)23-17-38(33(42)26-16-22-24(36-26)12-7-13-28(22)43-3)30(29(23)34)32(41)37-25(15-21-11-8-14-35-31(21)40)27(39)19-44-18-20-9-5-4-6-10-20/h4-7,9-10,12-13,16,21,23,25,29-30,36H,8,11,14-15,17-19H2,1-3H3,(H,35,40)(H,37,41)/t21-,23?,25-,29?,30?/m0/s1. The van der Waals surface area contributed by atoms with E-state index in [9.17, 15) is 19.2 Å². The Morgan fingerprint density at radius 2 is 1.91 bits per heavy atom. The fourth-order valence-electron chi connectivity index (χ4n) is 7.19. The number of hydrogen-bond donors (Lipinski definition) is 3. The molecule has 1 saturated carbocycles. The molecule has 1 aliphatic carbocycles. The van der Waals surface area contributed by atoms with E-state index >= 15 is 0 Å². The Morgan fingerprint density at radius 3 is 2.66 bits per heavy atom. The average Bonchev–Trinajstić information content (AvgIpc) is 3.39. The van der Waals surface area contributed by atoms with Gasteiger partial charge in [-0.1, -0.05) is 50.2 Å². The summed E-state index contributed by atoms with van der Waals surface area (Å²) in [4.78, 5) is 59.0. The van der Waals surface area contributed by atoms with Gasteiger partial charge in [0.05, 0.1) is 19.8 Å². The van der Waals surface area contributed by atoms with Gasteiger partial charge in [-0.3, -0.25) is 19.2 Å². The molecule has 0 bridgehead atoms. The van der Waals surface area contributed by atoms with Crippen LogP contribution in [0.15, 0.2) is 54.6 Å². The summed E-state index contributed by atoms with van der Waals surface area (Å²) in [5.41, 5.74) is 1.97. The number of ether oxygens (including phenoxy) is 2. The maximum atomic E-state index is 14.1. The lowest BCUT2D eigenvalue weighted by Gasteiger charge is -2.32. The van der Waals surface area contributed by atoms with Crippen molar-refractivity contribution < 1.29 is 28.7 Å². The number of carbonyl (C=O) groups excluding carboxylic acids is 4. The van der Waals surface area contributed by atoms with Crippen molar-refractivity contribution >= 4 is 34.4 Å². The first kappa shape index (κ1) is 29.9. The summed E-state index contributed by atoms with van der Waals surface area (Å²) in [5.74, 6) is -0.640. The maximum Gasteiger partial charge on any atom is 0.271 e. The molecule has 2 aliphatic heterocycles. The van der Waals surface area contributed by atoms with Crippen LogP contribution in [0.4, 0.5) is 0 Å². The van der Waals surface area contributed by atoms with E-state index in [1.165, 1.54) is 0 Å². The lowest BCUT2D eigenvalue weighted by molar-refractivity contribution is -0.134. The molecule has 2 saturated heterocycles. The van der Waals surface area contributed by atoms with Crippen molar-refractivity contribution in [1.82, 2.24) is 20.5 Å². The molecule has 5 atom stereocenters. The quantitative estimate of drug-likeness (QED) is 0.309. The molecular formula is C34H40N4O6. The van der Waals surface area contributed by atoms with Gasteiger partial charge in [0.25, 0.3) is 5.91 Å². The minimum atomic E-state index is -0.915. The number of aromatic amines is 1. The summed E-state index contributed by atoms with van der Waals surface area (Å²) in [7, 11) is 1.58. The first-order valence-electron chi connectivity index (χ1n) is 15.4. The van der Waals surface area contributed by atoms with Crippen LogP contribution in [-0.4, -0.2) is 72.3 Å². The largest absolute Gasteiger partial charge is 0.496 e. The molecular weight excluding hydrogens is 560 g/mol. The van der Waals surface area contributed by atoms with Gasteiger partial charge in [0.15, 0.2) is 5.78 Å². The summed E-state index contributed by atoms with van der Waals surface area (Å²) in [6.45, 7) is 5.35. The number of ketones is 1. The van der Waals surface area contributed by atoms with E-state index in [0.29, 0.717) is 31.0 Å². The predicted octanol–water partition coefficient (Wildman–Crippen LogP) is 3.46. The van der Waals surface area contributed by atoms with Crippen molar-refractivity contribution in [1.29, 1.82) is 0 Å². The highest BCUT2D eigenvalue weighted by Gasteiger charge is 2.69. The van der Waals surface area contributed by atoms with Gasteiger partial charge in [0, 0.05) is 29.9 Å². The molecule has 3 unspecified atom stereocenters. The predicted molar refractivity (Wildman–Crippen MR) is 164 cm³/mol. The third kappa shape index (κ3) is 5.70. The number of rotatable bonds is 11. The Balaban J connectivity index is 1.21. The van der Waals surface area contributed by atoms with Crippen LogP contribution in [0.3, 0.4) is 0 Å². The normalized spacial score (nSPS) is 24.3. The van der Waals surface area contributed by atoms with Crippen LogP contribution in [0.1, 0.15) is 49.2 Å². The molecule has 3 N–H and O–H groups in total. The van der Waals surface area contributed by atoms with Gasteiger partial charge in [-0.25, -0.2) is 0 Å². The summed E-state index contributed by atoms with van der Waals surface area (Å²) in [6.07, 6.45) is 1.64. The Kier molecular flexibility index (Phi) is 8.20. The van der Waals surface area contributed by atoms with Gasteiger partial charge in [-0.15, -0.1) is 0 Å². The zero-order chi connectivity index (χ0) is 31.0. The van der Waals surface area contributed by atoms with E-state index in [0.717, 1.165) is 22.9 Å². The SMILES string of the molecule is COc1cccc2[nH]c(C(=O)N3CC4C(C3C(=O)N[C@@H](C[C@@H]3CCCNC3=O)C(=O)COCc3ccccc3)C4(C)C)cc12. The lowest BCUT2D eigenvalue weighted by Crippen LogP contribution is -2.55. The minimum absolute atomic E-state index is 0.0339. The van der Waals surface area contributed by atoms with Crippen LogP contribution in [0, 0.1) is 23.2 Å². The highest BCUT2D eigenvalue weighted by molar-refractivity contribution is 6.02. The van der Waals surface area contributed by atoms with Crippen molar-refractivity contribution in [3.05, 3.63) is 65.9 Å². The zero-order valence-electron chi connectivity index (χ0n) is 25.4. The molecule has 1 aromatic heterocycles. The summed E-state index contributed by atoms with van der Waals surface area (Å²) in [6, 6.07) is 15.2. The summed E-state index contributed by atoms with van der Waals surface area (Å²) in [5, 5.41) is 6.64. The molecule has 10 nitrogen and oxygen atoms in total. The molecule has 2 aromatic carbocycles. The van der Waals surface area contributed by atoms with E-state index < -0.39 is 12.1 Å². The number of carbonyl (C=O) groups is 4. The molecule has 6 rings (SSSR count). The molecule has 0 radical (unpaired) electrons. The van der Waals surface area contributed by atoms with Gasteiger partial charge in [-0.05, 0) is 60.3 Å².